The minimum Gasteiger partial charge on any atom is -0.368 e. The summed E-state index contributed by atoms with van der Waals surface area (Å²) in [5, 5.41) is 3.39. The van der Waals surface area contributed by atoms with Crippen molar-refractivity contribution in [2.24, 2.45) is 4.99 Å². The van der Waals surface area contributed by atoms with Crippen LogP contribution in [-0.4, -0.2) is 92.1 Å². The molecule has 0 saturated carbocycles. The van der Waals surface area contributed by atoms with Crippen molar-refractivity contribution in [2.75, 3.05) is 75.2 Å². The van der Waals surface area contributed by atoms with Crippen molar-refractivity contribution in [1.29, 1.82) is 0 Å². The number of carbonyl (C=O) groups is 1. The minimum absolute atomic E-state index is 0.197. The van der Waals surface area contributed by atoms with Crippen LogP contribution in [0.5, 0.6) is 0 Å². The van der Waals surface area contributed by atoms with Crippen LogP contribution in [0.2, 0.25) is 0 Å². The van der Waals surface area contributed by atoms with Crippen LogP contribution >= 0.6 is 0 Å². The van der Waals surface area contributed by atoms with Gasteiger partial charge in [-0.2, -0.15) is 0 Å². The maximum absolute atomic E-state index is 12.7. The Labute approximate surface area is 196 Å². The average molecular weight is 450 g/mol. The second-order valence-electron chi connectivity index (χ2n) is 8.35. The number of carbonyl (C=O) groups excluding carboxylic acids is 1. The predicted octanol–water partition coefficient (Wildman–Crippen LogP) is 1.91. The van der Waals surface area contributed by atoms with Crippen molar-refractivity contribution >= 4 is 23.4 Å². The molecule has 3 heterocycles. The van der Waals surface area contributed by atoms with Gasteiger partial charge in [0.2, 0.25) is 5.91 Å². The van der Waals surface area contributed by atoms with E-state index in [1.807, 2.05) is 29.3 Å². The molecule has 176 valence electrons. The molecule has 1 amide bonds. The monoisotopic (exact) mass is 449 g/mol. The smallest absolute Gasteiger partial charge is 0.224 e. The van der Waals surface area contributed by atoms with Crippen LogP contribution in [0.25, 0.3) is 0 Å². The third-order valence-corrected chi connectivity index (χ3v) is 6.23. The third kappa shape index (κ3) is 6.15. The Bertz CT molecular complexity index is 889. The van der Waals surface area contributed by atoms with Gasteiger partial charge < -0.3 is 24.9 Å². The number of hydrogen-bond donors (Lipinski definition) is 1. The number of amides is 1. The Kier molecular flexibility index (Phi) is 8.00. The van der Waals surface area contributed by atoms with E-state index in [0.29, 0.717) is 13.0 Å². The maximum Gasteiger partial charge on any atom is 0.224 e. The number of nitrogens with zero attached hydrogens (tertiary/aromatic N) is 6. The first-order valence-corrected chi connectivity index (χ1v) is 12.0. The van der Waals surface area contributed by atoms with Crippen molar-refractivity contribution in [1.82, 2.24) is 20.1 Å². The number of nitrogens with one attached hydrogen (secondary N) is 1. The molecule has 2 aromatic rings. The number of rotatable bonds is 6. The molecule has 2 saturated heterocycles. The summed E-state index contributed by atoms with van der Waals surface area (Å²) < 4.78 is 0. The first-order valence-electron chi connectivity index (χ1n) is 12.0. The summed E-state index contributed by atoms with van der Waals surface area (Å²) in [6.07, 6.45) is 2.29. The molecular formula is C25H35N7O. The second-order valence-corrected chi connectivity index (χ2v) is 8.35. The standard InChI is InChI=1S/C25H35N7O/c1-2-26-25(32-20-16-30(17-21-32)23-10-6-7-12-27-23)28-13-11-24(33)31-18-14-29(15-19-31)22-8-4-3-5-9-22/h3-10,12H,2,11,13-21H2,1H3,(H,26,28). The Morgan fingerprint density at radius 1 is 0.879 bits per heavy atom. The van der Waals surface area contributed by atoms with E-state index in [9.17, 15) is 4.79 Å². The topological polar surface area (TPSA) is 67.3 Å². The van der Waals surface area contributed by atoms with E-state index in [0.717, 1.165) is 70.7 Å². The summed E-state index contributed by atoms with van der Waals surface area (Å²) >= 11 is 0. The zero-order valence-electron chi connectivity index (χ0n) is 19.6. The van der Waals surface area contributed by atoms with Gasteiger partial charge in [0.15, 0.2) is 5.96 Å². The fraction of sp³-hybridized carbons (Fsp3) is 0.480. The summed E-state index contributed by atoms with van der Waals surface area (Å²) in [6, 6.07) is 16.4. The molecule has 4 rings (SSSR count). The molecule has 33 heavy (non-hydrogen) atoms. The van der Waals surface area contributed by atoms with E-state index < -0.39 is 0 Å². The number of guanidine groups is 1. The molecule has 8 nitrogen and oxygen atoms in total. The number of aliphatic imine (C=N–C) groups is 1. The summed E-state index contributed by atoms with van der Waals surface area (Å²) in [5.74, 6) is 2.12. The zero-order chi connectivity index (χ0) is 22.9. The largest absolute Gasteiger partial charge is 0.368 e. The highest BCUT2D eigenvalue weighted by Gasteiger charge is 2.22. The molecule has 0 bridgehead atoms. The van der Waals surface area contributed by atoms with Crippen LogP contribution in [0.3, 0.4) is 0 Å². The van der Waals surface area contributed by atoms with Gasteiger partial charge in [-0.25, -0.2) is 4.98 Å². The summed E-state index contributed by atoms with van der Waals surface area (Å²) in [5.41, 5.74) is 1.23. The maximum atomic E-state index is 12.7. The molecule has 0 radical (unpaired) electrons. The van der Waals surface area contributed by atoms with E-state index >= 15 is 0 Å². The van der Waals surface area contributed by atoms with Gasteiger partial charge in [0.1, 0.15) is 5.82 Å². The lowest BCUT2D eigenvalue weighted by Crippen LogP contribution is -2.53. The molecule has 1 N–H and O–H groups in total. The molecular weight excluding hydrogens is 414 g/mol. The van der Waals surface area contributed by atoms with Crippen LogP contribution in [0, 0.1) is 0 Å². The van der Waals surface area contributed by atoms with Gasteiger partial charge in [0.25, 0.3) is 0 Å². The average Bonchev–Trinajstić information content (AvgIpc) is 2.89. The van der Waals surface area contributed by atoms with Gasteiger partial charge in [-0.1, -0.05) is 24.3 Å². The number of hydrogen-bond acceptors (Lipinski definition) is 5. The number of para-hydroxylation sites is 1. The number of benzene rings is 1. The Hall–Kier alpha value is -3.29. The number of anilines is 2. The van der Waals surface area contributed by atoms with Crippen LogP contribution in [0.4, 0.5) is 11.5 Å². The van der Waals surface area contributed by atoms with E-state index in [1.165, 1.54) is 5.69 Å². The normalized spacial score (nSPS) is 17.3. The highest BCUT2D eigenvalue weighted by molar-refractivity contribution is 5.81. The van der Waals surface area contributed by atoms with Gasteiger partial charge >= 0.3 is 0 Å². The van der Waals surface area contributed by atoms with Gasteiger partial charge in [-0.3, -0.25) is 9.79 Å². The van der Waals surface area contributed by atoms with E-state index in [1.54, 1.807) is 0 Å². The van der Waals surface area contributed by atoms with Gasteiger partial charge in [0.05, 0.1) is 6.54 Å². The Morgan fingerprint density at radius 3 is 2.21 bits per heavy atom. The zero-order valence-corrected chi connectivity index (χ0v) is 19.6. The summed E-state index contributed by atoms with van der Waals surface area (Å²) in [4.78, 5) is 30.9. The highest BCUT2D eigenvalue weighted by atomic mass is 16.2. The summed E-state index contributed by atoms with van der Waals surface area (Å²) in [7, 11) is 0. The van der Waals surface area contributed by atoms with Gasteiger partial charge in [-0.05, 0) is 31.2 Å². The van der Waals surface area contributed by atoms with E-state index in [2.05, 4.69) is 62.3 Å². The van der Waals surface area contributed by atoms with Crippen molar-refractivity contribution in [3.8, 4) is 0 Å². The molecule has 0 aliphatic carbocycles. The molecule has 0 atom stereocenters. The van der Waals surface area contributed by atoms with Crippen LogP contribution in [-0.2, 0) is 4.79 Å². The first-order chi connectivity index (χ1) is 16.2. The fourth-order valence-corrected chi connectivity index (χ4v) is 4.38. The molecule has 8 heteroatoms. The minimum atomic E-state index is 0.197. The number of pyridine rings is 1. The number of aromatic nitrogens is 1. The van der Waals surface area contributed by atoms with Crippen molar-refractivity contribution in [3.05, 3.63) is 54.7 Å². The van der Waals surface area contributed by atoms with Crippen molar-refractivity contribution in [2.45, 2.75) is 13.3 Å². The third-order valence-electron chi connectivity index (χ3n) is 6.23. The second kappa shape index (κ2) is 11.5. The predicted molar refractivity (Wildman–Crippen MR) is 134 cm³/mol. The SMILES string of the molecule is CCNC(=NCCC(=O)N1CCN(c2ccccc2)CC1)N1CCN(c2ccccn2)CC1. The molecule has 2 fully saturated rings. The molecule has 1 aromatic carbocycles. The van der Waals surface area contributed by atoms with Crippen LogP contribution in [0.15, 0.2) is 59.7 Å². The van der Waals surface area contributed by atoms with E-state index in [-0.39, 0.29) is 5.91 Å². The van der Waals surface area contributed by atoms with Gasteiger partial charge in [-0.15, -0.1) is 0 Å². The molecule has 0 unspecified atom stereocenters. The van der Waals surface area contributed by atoms with E-state index in [4.69, 9.17) is 4.99 Å². The quantitative estimate of drug-likeness (QED) is 0.537. The fourth-order valence-electron chi connectivity index (χ4n) is 4.38. The molecule has 2 aliphatic heterocycles. The number of piperazine rings is 2. The molecule has 1 aromatic heterocycles. The Balaban J connectivity index is 1.23. The van der Waals surface area contributed by atoms with Crippen molar-refractivity contribution in [3.63, 3.8) is 0 Å². The molecule has 2 aliphatic rings. The Morgan fingerprint density at radius 2 is 1.55 bits per heavy atom. The van der Waals surface area contributed by atoms with Gasteiger partial charge in [0, 0.05) is 77.2 Å². The van der Waals surface area contributed by atoms with Crippen LogP contribution in [0.1, 0.15) is 13.3 Å². The van der Waals surface area contributed by atoms with Crippen molar-refractivity contribution < 1.29 is 4.79 Å². The molecule has 0 spiro atoms. The first kappa shape index (κ1) is 22.9. The highest BCUT2D eigenvalue weighted by Crippen LogP contribution is 2.16. The lowest BCUT2D eigenvalue weighted by atomic mass is 10.2. The lowest BCUT2D eigenvalue weighted by molar-refractivity contribution is -0.131. The summed E-state index contributed by atoms with van der Waals surface area (Å²) in [6.45, 7) is 10.3. The van der Waals surface area contributed by atoms with Crippen LogP contribution < -0.4 is 15.1 Å². The lowest BCUT2D eigenvalue weighted by Gasteiger charge is -2.37.